The zero-order chi connectivity index (χ0) is 9.10. The Hall–Kier alpha value is -0.570. The van der Waals surface area contributed by atoms with Crippen molar-refractivity contribution in [1.29, 1.82) is 0 Å². The molecule has 1 atom stereocenters. The summed E-state index contributed by atoms with van der Waals surface area (Å²) in [6.07, 6.45) is 0. The molecule has 1 aliphatic rings. The first-order valence-electron chi connectivity index (χ1n) is 4.43. The van der Waals surface area contributed by atoms with Crippen LogP contribution in [0.5, 0.6) is 0 Å². The Labute approximate surface area is 82.9 Å². The number of rotatable bonds is 1. The van der Waals surface area contributed by atoms with Crippen molar-refractivity contribution in [3.63, 3.8) is 0 Å². The van der Waals surface area contributed by atoms with Crippen LogP contribution in [-0.2, 0) is 4.74 Å². The highest BCUT2D eigenvalue weighted by Gasteiger charge is 2.16. The summed E-state index contributed by atoms with van der Waals surface area (Å²) < 4.78 is 5.37. The van der Waals surface area contributed by atoms with Crippen LogP contribution in [0.2, 0.25) is 5.02 Å². The quantitative estimate of drug-likeness (QED) is 0.744. The maximum absolute atomic E-state index is 6.06. The van der Waals surface area contributed by atoms with E-state index in [0.717, 1.165) is 23.7 Å². The number of hydrogen-bond acceptors (Lipinski definition) is 2. The molecule has 1 aliphatic heterocycles. The standard InChI is InChI=1S/C10H12ClNO/c11-9-4-2-1-3-8(9)10-7-13-6-5-12-10/h1-4,10,12H,5-7H2. The summed E-state index contributed by atoms with van der Waals surface area (Å²) in [5, 5.41) is 4.18. The summed E-state index contributed by atoms with van der Waals surface area (Å²) in [7, 11) is 0. The van der Waals surface area contributed by atoms with Crippen molar-refractivity contribution in [3.05, 3.63) is 34.9 Å². The van der Waals surface area contributed by atoms with Gasteiger partial charge < -0.3 is 10.1 Å². The van der Waals surface area contributed by atoms with E-state index in [9.17, 15) is 0 Å². The second-order valence-corrected chi connectivity index (χ2v) is 3.51. The average Bonchev–Trinajstić information content (AvgIpc) is 2.20. The first-order valence-corrected chi connectivity index (χ1v) is 4.81. The van der Waals surface area contributed by atoms with Gasteiger partial charge >= 0.3 is 0 Å². The van der Waals surface area contributed by atoms with Crippen molar-refractivity contribution >= 4 is 11.6 Å². The third-order valence-electron chi connectivity index (χ3n) is 2.20. The van der Waals surface area contributed by atoms with E-state index in [0.29, 0.717) is 6.61 Å². The minimum Gasteiger partial charge on any atom is -0.378 e. The van der Waals surface area contributed by atoms with Gasteiger partial charge in [-0.2, -0.15) is 0 Å². The molecule has 13 heavy (non-hydrogen) atoms. The molecule has 2 rings (SSSR count). The number of benzene rings is 1. The van der Waals surface area contributed by atoms with E-state index in [1.807, 2.05) is 24.3 Å². The third-order valence-corrected chi connectivity index (χ3v) is 2.55. The van der Waals surface area contributed by atoms with Gasteiger partial charge in [-0.1, -0.05) is 29.8 Å². The van der Waals surface area contributed by atoms with Gasteiger partial charge in [-0.15, -0.1) is 0 Å². The highest BCUT2D eigenvalue weighted by atomic mass is 35.5. The number of morpholine rings is 1. The summed E-state index contributed by atoms with van der Waals surface area (Å²) in [4.78, 5) is 0. The smallest absolute Gasteiger partial charge is 0.0662 e. The second kappa shape index (κ2) is 4.09. The van der Waals surface area contributed by atoms with Crippen LogP contribution < -0.4 is 5.32 Å². The fourth-order valence-electron chi connectivity index (χ4n) is 1.52. The molecule has 1 aromatic carbocycles. The molecule has 1 heterocycles. The van der Waals surface area contributed by atoms with Crippen molar-refractivity contribution < 1.29 is 4.74 Å². The predicted molar refractivity (Wildman–Crippen MR) is 53.0 cm³/mol. The monoisotopic (exact) mass is 197 g/mol. The van der Waals surface area contributed by atoms with Crippen molar-refractivity contribution in [3.8, 4) is 0 Å². The largest absolute Gasteiger partial charge is 0.378 e. The summed E-state index contributed by atoms with van der Waals surface area (Å²) in [6, 6.07) is 8.14. The van der Waals surface area contributed by atoms with E-state index >= 15 is 0 Å². The van der Waals surface area contributed by atoms with Crippen LogP contribution in [0, 0.1) is 0 Å². The van der Waals surface area contributed by atoms with E-state index in [2.05, 4.69) is 5.32 Å². The van der Waals surface area contributed by atoms with E-state index in [4.69, 9.17) is 16.3 Å². The number of nitrogens with one attached hydrogen (secondary N) is 1. The molecular weight excluding hydrogens is 186 g/mol. The molecule has 1 N–H and O–H groups in total. The lowest BCUT2D eigenvalue weighted by Gasteiger charge is -2.24. The summed E-state index contributed by atoms with van der Waals surface area (Å²) in [5.41, 5.74) is 1.13. The molecule has 0 saturated carbocycles. The minimum absolute atomic E-state index is 0.252. The van der Waals surface area contributed by atoms with E-state index in [-0.39, 0.29) is 6.04 Å². The minimum atomic E-state index is 0.252. The fraction of sp³-hybridized carbons (Fsp3) is 0.400. The number of hydrogen-bond donors (Lipinski definition) is 1. The molecule has 1 fully saturated rings. The first-order chi connectivity index (χ1) is 6.38. The van der Waals surface area contributed by atoms with Gasteiger partial charge in [0, 0.05) is 11.6 Å². The fourth-order valence-corrected chi connectivity index (χ4v) is 1.79. The molecule has 1 unspecified atom stereocenters. The second-order valence-electron chi connectivity index (χ2n) is 3.10. The van der Waals surface area contributed by atoms with Crippen LogP contribution in [0.1, 0.15) is 11.6 Å². The third kappa shape index (κ3) is 2.02. The summed E-state index contributed by atoms with van der Waals surface area (Å²) in [6.45, 7) is 2.40. The van der Waals surface area contributed by atoms with Gasteiger partial charge in [0.05, 0.1) is 19.3 Å². The molecule has 0 spiro atoms. The molecule has 70 valence electrons. The van der Waals surface area contributed by atoms with Crippen molar-refractivity contribution in [2.24, 2.45) is 0 Å². The molecule has 0 radical (unpaired) electrons. The Kier molecular flexibility index (Phi) is 2.83. The van der Waals surface area contributed by atoms with Crippen LogP contribution in [-0.4, -0.2) is 19.8 Å². The lowest BCUT2D eigenvalue weighted by Crippen LogP contribution is -2.34. The van der Waals surface area contributed by atoms with Crippen LogP contribution in [0.25, 0.3) is 0 Å². The van der Waals surface area contributed by atoms with Crippen molar-refractivity contribution in [1.82, 2.24) is 5.32 Å². The normalized spacial score (nSPS) is 23.0. The van der Waals surface area contributed by atoms with Gasteiger partial charge in [0.25, 0.3) is 0 Å². The van der Waals surface area contributed by atoms with Gasteiger partial charge in [0.15, 0.2) is 0 Å². The number of ether oxygens (including phenoxy) is 1. The molecule has 2 nitrogen and oxygen atoms in total. The summed E-state index contributed by atoms with van der Waals surface area (Å²) >= 11 is 6.06. The topological polar surface area (TPSA) is 21.3 Å². The van der Waals surface area contributed by atoms with Crippen LogP contribution >= 0.6 is 11.6 Å². The molecular formula is C10H12ClNO. The SMILES string of the molecule is Clc1ccccc1C1COCCN1. The lowest BCUT2D eigenvalue weighted by molar-refractivity contribution is 0.0769. The van der Waals surface area contributed by atoms with Crippen molar-refractivity contribution in [2.45, 2.75) is 6.04 Å². The van der Waals surface area contributed by atoms with Crippen LogP contribution in [0.3, 0.4) is 0 Å². The summed E-state index contributed by atoms with van der Waals surface area (Å²) in [5.74, 6) is 0. The van der Waals surface area contributed by atoms with Gasteiger partial charge in [-0.05, 0) is 11.6 Å². The maximum Gasteiger partial charge on any atom is 0.0662 e. The van der Waals surface area contributed by atoms with Crippen molar-refractivity contribution in [2.75, 3.05) is 19.8 Å². The molecule has 3 heteroatoms. The van der Waals surface area contributed by atoms with Crippen LogP contribution in [0.15, 0.2) is 24.3 Å². The van der Waals surface area contributed by atoms with Gasteiger partial charge in [-0.25, -0.2) is 0 Å². The lowest BCUT2D eigenvalue weighted by atomic mass is 10.1. The molecule has 1 aromatic rings. The molecule has 0 bridgehead atoms. The zero-order valence-electron chi connectivity index (χ0n) is 7.29. The van der Waals surface area contributed by atoms with Gasteiger partial charge in [0.2, 0.25) is 0 Å². The highest BCUT2D eigenvalue weighted by molar-refractivity contribution is 6.31. The van der Waals surface area contributed by atoms with E-state index in [1.54, 1.807) is 0 Å². The zero-order valence-corrected chi connectivity index (χ0v) is 8.05. The molecule has 0 amide bonds. The van der Waals surface area contributed by atoms with E-state index < -0.39 is 0 Å². The number of halogens is 1. The van der Waals surface area contributed by atoms with E-state index in [1.165, 1.54) is 0 Å². The highest BCUT2D eigenvalue weighted by Crippen LogP contribution is 2.23. The Morgan fingerprint density at radius 1 is 1.38 bits per heavy atom. The Balaban J connectivity index is 2.18. The molecule has 1 saturated heterocycles. The predicted octanol–water partition coefficient (Wildman–Crippen LogP) is 2.00. The Morgan fingerprint density at radius 3 is 2.92 bits per heavy atom. The van der Waals surface area contributed by atoms with Gasteiger partial charge in [0.1, 0.15) is 0 Å². The molecule has 0 aliphatic carbocycles. The molecule has 0 aromatic heterocycles. The van der Waals surface area contributed by atoms with Crippen LogP contribution in [0.4, 0.5) is 0 Å². The Bertz CT molecular complexity index is 284. The average molecular weight is 198 g/mol. The Morgan fingerprint density at radius 2 is 2.23 bits per heavy atom. The maximum atomic E-state index is 6.06. The van der Waals surface area contributed by atoms with Gasteiger partial charge in [-0.3, -0.25) is 0 Å². The first kappa shape index (κ1) is 9.00.